The Morgan fingerprint density at radius 3 is 3.12 bits per heavy atom. The van der Waals surface area contributed by atoms with Crippen LogP contribution >= 0.6 is 0 Å². The van der Waals surface area contributed by atoms with Gasteiger partial charge in [0.25, 0.3) is 5.91 Å². The van der Waals surface area contributed by atoms with Gasteiger partial charge in [0.2, 0.25) is 0 Å². The molecule has 0 bridgehead atoms. The van der Waals surface area contributed by atoms with Gasteiger partial charge in [0.15, 0.2) is 0 Å². The molecule has 1 amide bonds. The second kappa shape index (κ2) is 4.61. The van der Waals surface area contributed by atoms with Gasteiger partial charge in [-0.25, -0.2) is 0 Å². The fourth-order valence-electron chi connectivity index (χ4n) is 2.13. The molecule has 1 aliphatic rings. The first-order chi connectivity index (χ1) is 7.72. The Hall–Kier alpha value is -1.42. The standard InChI is InChI=1S/C12H16N2O2/c1-9-5-10(7-13-6-9)12(16)14-4-2-3-11(14)8-15/h5-7,11,15H,2-4,8H2,1H3/t11-/m0/s1. The molecule has 16 heavy (non-hydrogen) atoms. The first-order valence-electron chi connectivity index (χ1n) is 5.56. The molecule has 1 aromatic rings. The minimum atomic E-state index is -0.0206. The lowest BCUT2D eigenvalue weighted by molar-refractivity contribution is 0.0677. The number of likely N-dealkylation sites (tertiary alicyclic amines) is 1. The van der Waals surface area contributed by atoms with Crippen molar-refractivity contribution in [2.24, 2.45) is 0 Å². The molecule has 1 N–H and O–H groups in total. The molecule has 0 radical (unpaired) electrons. The summed E-state index contributed by atoms with van der Waals surface area (Å²) in [4.78, 5) is 17.9. The third-order valence-electron chi connectivity index (χ3n) is 2.97. The summed E-state index contributed by atoms with van der Waals surface area (Å²) >= 11 is 0. The summed E-state index contributed by atoms with van der Waals surface area (Å²) in [6, 6.07) is 1.82. The Kier molecular flexibility index (Phi) is 3.19. The lowest BCUT2D eigenvalue weighted by atomic mass is 10.2. The van der Waals surface area contributed by atoms with Gasteiger partial charge in [0, 0.05) is 18.9 Å². The molecular formula is C12H16N2O2. The molecule has 0 saturated carbocycles. The summed E-state index contributed by atoms with van der Waals surface area (Å²) in [6.45, 7) is 2.69. The van der Waals surface area contributed by atoms with E-state index in [0.717, 1.165) is 24.9 Å². The fourth-order valence-corrected chi connectivity index (χ4v) is 2.13. The Bertz CT molecular complexity index is 392. The SMILES string of the molecule is Cc1cncc(C(=O)N2CCC[C@H]2CO)c1. The maximum absolute atomic E-state index is 12.1. The van der Waals surface area contributed by atoms with Crippen LogP contribution in [0.1, 0.15) is 28.8 Å². The monoisotopic (exact) mass is 220 g/mol. The van der Waals surface area contributed by atoms with E-state index < -0.39 is 0 Å². The molecule has 4 nitrogen and oxygen atoms in total. The van der Waals surface area contributed by atoms with E-state index >= 15 is 0 Å². The van der Waals surface area contributed by atoms with Crippen LogP contribution in [0.3, 0.4) is 0 Å². The van der Waals surface area contributed by atoms with Gasteiger partial charge in [-0.2, -0.15) is 0 Å². The smallest absolute Gasteiger partial charge is 0.255 e. The molecule has 2 rings (SSSR count). The molecule has 0 unspecified atom stereocenters. The number of rotatable bonds is 2. The number of hydrogen-bond acceptors (Lipinski definition) is 3. The van der Waals surface area contributed by atoms with Gasteiger partial charge in [0.1, 0.15) is 0 Å². The van der Waals surface area contributed by atoms with Crippen LogP contribution in [0.4, 0.5) is 0 Å². The predicted molar refractivity (Wildman–Crippen MR) is 60.1 cm³/mol. The Morgan fingerprint density at radius 1 is 1.62 bits per heavy atom. The van der Waals surface area contributed by atoms with Crippen molar-refractivity contribution in [3.8, 4) is 0 Å². The van der Waals surface area contributed by atoms with E-state index in [2.05, 4.69) is 4.98 Å². The molecule has 4 heteroatoms. The second-order valence-electron chi connectivity index (χ2n) is 4.23. The van der Waals surface area contributed by atoms with Crippen molar-refractivity contribution < 1.29 is 9.90 Å². The molecule has 2 heterocycles. The molecule has 1 saturated heterocycles. The number of carbonyl (C=O) groups excluding carboxylic acids is 1. The van der Waals surface area contributed by atoms with Crippen LogP contribution in [-0.4, -0.2) is 40.1 Å². The van der Waals surface area contributed by atoms with Crippen molar-refractivity contribution >= 4 is 5.91 Å². The molecule has 0 aliphatic carbocycles. The van der Waals surface area contributed by atoms with Crippen LogP contribution in [-0.2, 0) is 0 Å². The Labute approximate surface area is 94.9 Å². The highest BCUT2D eigenvalue weighted by Crippen LogP contribution is 2.19. The fraction of sp³-hybridized carbons (Fsp3) is 0.500. The van der Waals surface area contributed by atoms with Gasteiger partial charge < -0.3 is 10.0 Å². The van der Waals surface area contributed by atoms with E-state index in [1.807, 2.05) is 13.0 Å². The lowest BCUT2D eigenvalue weighted by Gasteiger charge is -2.22. The zero-order valence-corrected chi connectivity index (χ0v) is 9.39. The molecule has 0 aromatic carbocycles. The average molecular weight is 220 g/mol. The minimum Gasteiger partial charge on any atom is -0.394 e. The third kappa shape index (κ3) is 2.07. The quantitative estimate of drug-likeness (QED) is 0.808. The first kappa shape index (κ1) is 11.1. The summed E-state index contributed by atoms with van der Waals surface area (Å²) in [5.41, 5.74) is 1.59. The highest BCUT2D eigenvalue weighted by atomic mass is 16.3. The maximum Gasteiger partial charge on any atom is 0.255 e. The summed E-state index contributed by atoms with van der Waals surface area (Å²) in [7, 11) is 0. The van der Waals surface area contributed by atoms with E-state index in [9.17, 15) is 9.90 Å². The molecule has 1 aliphatic heterocycles. The van der Waals surface area contributed by atoms with E-state index in [0.29, 0.717) is 5.56 Å². The number of hydrogen-bond donors (Lipinski definition) is 1. The Balaban J connectivity index is 2.18. The van der Waals surface area contributed by atoms with Gasteiger partial charge in [-0.15, -0.1) is 0 Å². The minimum absolute atomic E-state index is 0.0204. The molecule has 1 atom stereocenters. The van der Waals surface area contributed by atoms with Gasteiger partial charge in [-0.1, -0.05) is 0 Å². The van der Waals surface area contributed by atoms with Crippen molar-refractivity contribution in [1.82, 2.24) is 9.88 Å². The topological polar surface area (TPSA) is 53.4 Å². The number of aliphatic hydroxyl groups is 1. The molecular weight excluding hydrogens is 204 g/mol. The van der Waals surface area contributed by atoms with Crippen LogP contribution in [0.15, 0.2) is 18.5 Å². The van der Waals surface area contributed by atoms with Gasteiger partial charge in [-0.05, 0) is 31.4 Å². The lowest BCUT2D eigenvalue weighted by Crippen LogP contribution is -2.37. The largest absolute Gasteiger partial charge is 0.394 e. The number of nitrogens with zero attached hydrogens (tertiary/aromatic N) is 2. The van der Waals surface area contributed by atoms with Crippen molar-refractivity contribution in [3.63, 3.8) is 0 Å². The summed E-state index contributed by atoms with van der Waals surface area (Å²) in [6.07, 6.45) is 5.17. The number of aromatic nitrogens is 1. The van der Waals surface area contributed by atoms with Crippen molar-refractivity contribution in [2.75, 3.05) is 13.2 Å². The summed E-state index contributed by atoms with van der Waals surface area (Å²) in [5, 5.41) is 9.18. The zero-order valence-electron chi connectivity index (χ0n) is 9.39. The molecule has 1 aromatic heterocycles. The van der Waals surface area contributed by atoms with Gasteiger partial charge >= 0.3 is 0 Å². The van der Waals surface area contributed by atoms with E-state index in [1.165, 1.54) is 0 Å². The zero-order chi connectivity index (χ0) is 11.5. The van der Waals surface area contributed by atoms with Crippen LogP contribution < -0.4 is 0 Å². The highest BCUT2D eigenvalue weighted by molar-refractivity contribution is 5.94. The van der Waals surface area contributed by atoms with Crippen molar-refractivity contribution in [2.45, 2.75) is 25.8 Å². The number of aliphatic hydroxyl groups excluding tert-OH is 1. The highest BCUT2D eigenvalue weighted by Gasteiger charge is 2.28. The number of pyridine rings is 1. The van der Waals surface area contributed by atoms with Gasteiger partial charge in [0.05, 0.1) is 18.2 Å². The van der Waals surface area contributed by atoms with Crippen molar-refractivity contribution in [1.29, 1.82) is 0 Å². The maximum atomic E-state index is 12.1. The van der Waals surface area contributed by atoms with E-state index in [-0.39, 0.29) is 18.6 Å². The number of aryl methyl sites for hydroxylation is 1. The number of carbonyl (C=O) groups is 1. The number of amides is 1. The van der Waals surface area contributed by atoms with Crippen LogP contribution in [0.2, 0.25) is 0 Å². The molecule has 86 valence electrons. The van der Waals surface area contributed by atoms with E-state index in [4.69, 9.17) is 0 Å². The van der Waals surface area contributed by atoms with E-state index in [1.54, 1.807) is 17.3 Å². The second-order valence-corrected chi connectivity index (χ2v) is 4.23. The van der Waals surface area contributed by atoms with Crippen molar-refractivity contribution in [3.05, 3.63) is 29.6 Å². The molecule has 0 spiro atoms. The van der Waals surface area contributed by atoms with Crippen LogP contribution in [0, 0.1) is 6.92 Å². The van der Waals surface area contributed by atoms with Crippen LogP contribution in [0.5, 0.6) is 0 Å². The first-order valence-corrected chi connectivity index (χ1v) is 5.56. The summed E-state index contributed by atoms with van der Waals surface area (Å²) in [5.74, 6) is -0.0206. The average Bonchev–Trinajstić information content (AvgIpc) is 2.76. The Morgan fingerprint density at radius 2 is 2.44 bits per heavy atom. The third-order valence-corrected chi connectivity index (χ3v) is 2.97. The van der Waals surface area contributed by atoms with Crippen LogP contribution in [0.25, 0.3) is 0 Å². The summed E-state index contributed by atoms with van der Waals surface area (Å²) < 4.78 is 0. The molecule has 1 fully saturated rings. The van der Waals surface area contributed by atoms with Gasteiger partial charge in [-0.3, -0.25) is 9.78 Å². The predicted octanol–water partition coefficient (Wildman–Crippen LogP) is 0.987. The normalized spacial score (nSPS) is 20.1.